The highest BCUT2D eigenvalue weighted by Gasteiger charge is 2.40. The fourth-order valence-corrected chi connectivity index (χ4v) is 2.70. The summed E-state index contributed by atoms with van der Waals surface area (Å²) in [7, 11) is -2.10. The van der Waals surface area contributed by atoms with E-state index in [1.165, 1.54) is 0 Å². The van der Waals surface area contributed by atoms with Crippen LogP contribution in [0.5, 0.6) is 0 Å². The predicted octanol–water partition coefficient (Wildman–Crippen LogP) is 2.80. The maximum Gasteiger partial charge on any atom is 0.308 e. The molecule has 5 nitrogen and oxygen atoms in total. The summed E-state index contributed by atoms with van der Waals surface area (Å²) in [6.07, 6.45) is -0.796. The zero-order valence-corrected chi connectivity index (χ0v) is 13.8. The summed E-state index contributed by atoms with van der Waals surface area (Å²) >= 11 is 0. The van der Waals surface area contributed by atoms with E-state index in [1.807, 2.05) is 13.1 Å². The second-order valence-electron chi connectivity index (χ2n) is 6.11. The number of carbonyl (C=O) groups is 2. The van der Waals surface area contributed by atoms with E-state index in [2.05, 4.69) is 20.8 Å². The van der Waals surface area contributed by atoms with Gasteiger partial charge in [-0.3, -0.25) is 9.59 Å². The van der Waals surface area contributed by atoms with Crippen LogP contribution in [0.3, 0.4) is 0 Å². The average Bonchev–Trinajstić information content (AvgIpc) is 2.13. The maximum absolute atomic E-state index is 11.5. The topological polar surface area (TPSA) is 72.8 Å². The van der Waals surface area contributed by atoms with Gasteiger partial charge in [0.15, 0.2) is 8.32 Å². The van der Waals surface area contributed by atoms with E-state index in [4.69, 9.17) is 14.3 Å². The predicted molar refractivity (Wildman–Crippen MR) is 75.6 cm³/mol. The summed E-state index contributed by atoms with van der Waals surface area (Å²) in [6, 6.07) is 0. The molecule has 0 aliphatic heterocycles. The minimum absolute atomic E-state index is 0.00729. The number of rotatable bonds is 7. The second kappa shape index (κ2) is 7.05. The summed E-state index contributed by atoms with van der Waals surface area (Å²) in [4.78, 5) is 22.4. The number of carboxylic acid groups (broad SMARTS) is 1. The Morgan fingerprint density at radius 2 is 1.74 bits per heavy atom. The number of carboxylic acids is 1. The third kappa shape index (κ3) is 6.73. The SMILES string of the molecule is CCOC(=O)CC(CC(=O)O)O[Si](C)(C)C(C)(C)C. The van der Waals surface area contributed by atoms with Gasteiger partial charge in [-0.2, -0.15) is 0 Å². The van der Waals surface area contributed by atoms with E-state index in [-0.39, 0.29) is 17.9 Å². The first-order valence-electron chi connectivity index (χ1n) is 6.55. The van der Waals surface area contributed by atoms with Crippen LogP contribution in [0.2, 0.25) is 18.1 Å². The number of ether oxygens (including phenoxy) is 1. The molecule has 0 aliphatic carbocycles. The van der Waals surface area contributed by atoms with Crippen molar-refractivity contribution in [3.8, 4) is 0 Å². The fourth-order valence-electron chi connectivity index (χ4n) is 1.35. The lowest BCUT2D eigenvalue weighted by Gasteiger charge is -2.38. The molecule has 0 aromatic carbocycles. The average molecular weight is 290 g/mol. The summed E-state index contributed by atoms with van der Waals surface area (Å²) < 4.78 is 10.8. The van der Waals surface area contributed by atoms with Crippen LogP contribution in [0.15, 0.2) is 0 Å². The first-order valence-corrected chi connectivity index (χ1v) is 9.45. The molecule has 0 aliphatic rings. The lowest BCUT2D eigenvalue weighted by atomic mass is 10.2. The molecular weight excluding hydrogens is 264 g/mol. The minimum Gasteiger partial charge on any atom is -0.481 e. The lowest BCUT2D eigenvalue weighted by Crippen LogP contribution is -2.45. The Labute approximate surface area is 116 Å². The molecule has 1 unspecified atom stereocenters. The highest BCUT2D eigenvalue weighted by molar-refractivity contribution is 6.74. The summed E-state index contributed by atoms with van der Waals surface area (Å²) in [5.74, 6) is -1.37. The fraction of sp³-hybridized carbons (Fsp3) is 0.846. The van der Waals surface area contributed by atoms with E-state index in [9.17, 15) is 9.59 Å². The van der Waals surface area contributed by atoms with Crippen molar-refractivity contribution in [1.29, 1.82) is 0 Å². The molecule has 0 fully saturated rings. The van der Waals surface area contributed by atoms with Crippen molar-refractivity contribution in [3.05, 3.63) is 0 Å². The van der Waals surface area contributed by atoms with Crippen LogP contribution < -0.4 is 0 Å². The van der Waals surface area contributed by atoms with Gasteiger partial charge in [-0.15, -0.1) is 0 Å². The Morgan fingerprint density at radius 3 is 2.11 bits per heavy atom. The van der Waals surface area contributed by atoms with Crippen LogP contribution in [0, 0.1) is 0 Å². The van der Waals surface area contributed by atoms with Crippen LogP contribution in [-0.4, -0.2) is 38.1 Å². The Bertz CT molecular complexity index is 319. The van der Waals surface area contributed by atoms with Crippen LogP contribution in [0.25, 0.3) is 0 Å². The molecule has 0 saturated heterocycles. The molecule has 0 spiro atoms. The molecule has 19 heavy (non-hydrogen) atoms. The van der Waals surface area contributed by atoms with Crippen LogP contribution in [0.1, 0.15) is 40.5 Å². The van der Waals surface area contributed by atoms with Gasteiger partial charge in [-0.1, -0.05) is 20.8 Å². The van der Waals surface area contributed by atoms with Gasteiger partial charge >= 0.3 is 11.9 Å². The summed E-state index contributed by atoms with van der Waals surface area (Å²) in [5.41, 5.74) is 0. The van der Waals surface area contributed by atoms with Gasteiger partial charge in [0.05, 0.1) is 25.6 Å². The number of hydrogen-bond acceptors (Lipinski definition) is 4. The molecular formula is C13H26O5Si. The third-order valence-electron chi connectivity index (χ3n) is 3.37. The highest BCUT2D eigenvalue weighted by atomic mass is 28.4. The number of hydrogen-bond donors (Lipinski definition) is 1. The van der Waals surface area contributed by atoms with E-state index >= 15 is 0 Å². The van der Waals surface area contributed by atoms with Crippen LogP contribution in [0.4, 0.5) is 0 Å². The molecule has 112 valence electrons. The molecule has 1 N–H and O–H groups in total. The molecule has 0 radical (unpaired) electrons. The molecule has 0 rings (SSSR count). The third-order valence-corrected chi connectivity index (χ3v) is 7.90. The largest absolute Gasteiger partial charge is 0.481 e. The van der Waals surface area contributed by atoms with Crippen molar-refractivity contribution in [2.24, 2.45) is 0 Å². The Kier molecular flexibility index (Phi) is 6.72. The van der Waals surface area contributed by atoms with Gasteiger partial charge in [0, 0.05) is 0 Å². The highest BCUT2D eigenvalue weighted by Crippen LogP contribution is 2.38. The molecule has 1 atom stereocenters. The first kappa shape index (κ1) is 18.1. The lowest BCUT2D eigenvalue weighted by molar-refractivity contribution is -0.146. The van der Waals surface area contributed by atoms with Crippen molar-refractivity contribution < 1.29 is 23.9 Å². The van der Waals surface area contributed by atoms with Gasteiger partial charge in [-0.25, -0.2) is 0 Å². The van der Waals surface area contributed by atoms with E-state index in [0.29, 0.717) is 6.61 Å². The molecule has 0 aromatic heterocycles. The van der Waals surface area contributed by atoms with Crippen molar-refractivity contribution in [3.63, 3.8) is 0 Å². The van der Waals surface area contributed by atoms with Gasteiger partial charge in [0.25, 0.3) is 0 Å². The Morgan fingerprint density at radius 1 is 1.21 bits per heavy atom. The van der Waals surface area contributed by atoms with Crippen LogP contribution in [-0.2, 0) is 18.8 Å². The van der Waals surface area contributed by atoms with Gasteiger partial charge in [-0.05, 0) is 25.1 Å². The van der Waals surface area contributed by atoms with E-state index in [1.54, 1.807) is 6.92 Å². The number of carbonyl (C=O) groups excluding carboxylic acids is 1. The standard InChI is InChI=1S/C13H26O5Si/c1-7-17-12(16)9-10(8-11(14)15)18-19(5,6)13(2,3)4/h10H,7-9H2,1-6H3,(H,14,15). The smallest absolute Gasteiger partial charge is 0.308 e. The number of aliphatic carboxylic acids is 1. The van der Waals surface area contributed by atoms with Gasteiger partial charge < -0.3 is 14.3 Å². The van der Waals surface area contributed by atoms with E-state index < -0.39 is 26.4 Å². The van der Waals surface area contributed by atoms with Crippen molar-refractivity contribution in [2.45, 2.75) is 64.8 Å². The summed E-state index contributed by atoms with van der Waals surface area (Å²) in [6.45, 7) is 12.3. The zero-order valence-electron chi connectivity index (χ0n) is 12.8. The number of esters is 1. The Balaban J connectivity index is 4.77. The van der Waals surface area contributed by atoms with Crippen LogP contribution >= 0.6 is 0 Å². The maximum atomic E-state index is 11.5. The van der Waals surface area contributed by atoms with Crippen molar-refractivity contribution >= 4 is 20.3 Å². The second-order valence-corrected chi connectivity index (χ2v) is 10.9. The zero-order chi connectivity index (χ0) is 15.3. The molecule has 0 bridgehead atoms. The van der Waals surface area contributed by atoms with Gasteiger partial charge in [0.1, 0.15) is 0 Å². The normalized spacial score (nSPS) is 14.0. The quantitative estimate of drug-likeness (QED) is 0.576. The van der Waals surface area contributed by atoms with Crippen molar-refractivity contribution in [2.75, 3.05) is 6.61 Å². The molecule has 0 heterocycles. The molecule has 0 saturated carbocycles. The van der Waals surface area contributed by atoms with Gasteiger partial charge in [0.2, 0.25) is 0 Å². The monoisotopic (exact) mass is 290 g/mol. The molecule has 0 aromatic rings. The molecule has 0 amide bonds. The van der Waals surface area contributed by atoms with Crippen molar-refractivity contribution in [1.82, 2.24) is 0 Å². The summed E-state index contributed by atoms with van der Waals surface area (Å²) in [5, 5.41) is 8.88. The first-order chi connectivity index (χ1) is 8.49. The minimum atomic E-state index is -2.10. The molecule has 6 heteroatoms. The van der Waals surface area contributed by atoms with E-state index in [0.717, 1.165) is 0 Å². The Hall–Kier alpha value is -0.883.